The lowest BCUT2D eigenvalue weighted by atomic mass is 10.4. The number of methoxy groups -OCH3 is 1. The van der Waals surface area contributed by atoms with Crippen molar-refractivity contribution in [3.63, 3.8) is 0 Å². The Labute approximate surface area is 99.7 Å². The van der Waals surface area contributed by atoms with Crippen LogP contribution >= 0.6 is 0 Å². The molecule has 0 aliphatic carbocycles. The Bertz CT molecular complexity index is 465. The average Bonchev–Trinajstić information content (AvgIpc) is 2.84. The summed E-state index contributed by atoms with van der Waals surface area (Å²) >= 11 is 0. The van der Waals surface area contributed by atoms with Gasteiger partial charge < -0.3 is 10.1 Å². The van der Waals surface area contributed by atoms with Crippen molar-refractivity contribution in [3.8, 4) is 11.6 Å². The lowest BCUT2D eigenvalue weighted by molar-refractivity contribution is -0.668. The average molecular weight is 234 g/mol. The molecule has 0 bridgehead atoms. The number of hydrogen-bond acceptors (Lipinski definition) is 4. The zero-order valence-electron chi connectivity index (χ0n) is 10.00. The van der Waals surface area contributed by atoms with Gasteiger partial charge in [0, 0.05) is 6.07 Å². The van der Waals surface area contributed by atoms with Crippen LogP contribution in [0.1, 0.15) is 12.7 Å². The normalized spacial score (nSPS) is 10.5. The largest absolute Gasteiger partial charge is 0.481 e. The van der Waals surface area contributed by atoms with E-state index >= 15 is 0 Å². The number of nitrogens with zero attached hydrogens (tertiary/aromatic N) is 4. The van der Waals surface area contributed by atoms with E-state index in [0.29, 0.717) is 5.88 Å². The highest BCUT2D eigenvalue weighted by atomic mass is 16.5. The minimum Gasteiger partial charge on any atom is -0.481 e. The molecule has 0 saturated carbocycles. The summed E-state index contributed by atoms with van der Waals surface area (Å²) in [6, 6.07) is 3.72. The summed E-state index contributed by atoms with van der Waals surface area (Å²) in [7, 11) is 1.60. The molecule has 2 aromatic rings. The molecule has 0 aromatic carbocycles. The first-order chi connectivity index (χ1) is 8.35. The van der Waals surface area contributed by atoms with Gasteiger partial charge in [0.05, 0.1) is 25.5 Å². The summed E-state index contributed by atoms with van der Waals surface area (Å²) in [5, 5.41) is 6.36. The first-order valence-electron chi connectivity index (χ1n) is 5.56. The highest BCUT2D eigenvalue weighted by molar-refractivity contribution is 5.30. The highest BCUT2D eigenvalue weighted by Crippen LogP contribution is 2.11. The Kier molecular flexibility index (Phi) is 3.66. The third-order valence-electron chi connectivity index (χ3n) is 2.41. The molecule has 0 unspecified atom stereocenters. The Balaban J connectivity index is 2.23. The Hall–Kier alpha value is -1.95. The molecular weight excluding hydrogens is 218 g/mol. The molecule has 6 nitrogen and oxygen atoms in total. The van der Waals surface area contributed by atoms with E-state index in [2.05, 4.69) is 27.3 Å². The maximum atomic E-state index is 5.02. The molecule has 2 aromatic heterocycles. The molecule has 0 aliphatic rings. The van der Waals surface area contributed by atoms with Crippen LogP contribution in [-0.4, -0.2) is 33.4 Å². The number of pyridine rings is 1. The van der Waals surface area contributed by atoms with Gasteiger partial charge in [-0.1, -0.05) is 0 Å². The molecule has 2 N–H and O–H groups in total. The fourth-order valence-corrected chi connectivity index (χ4v) is 1.51. The topological polar surface area (TPSA) is 69.4 Å². The first-order valence-corrected chi connectivity index (χ1v) is 5.56. The third-order valence-corrected chi connectivity index (χ3v) is 2.41. The zero-order valence-corrected chi connectivity index (χ0v) is 10.00. The van der Waals surface area contributed by atoms with Gasteiger partial charge in [0.2, 0.25) is 5.88 Å². The molecule has 0 spiro atoms. The Morgan fingerprint density at radius 3 is 2.88 bits per heavy atom. The van der Waals surface area contributed by atoms with Crippen molar-refractivity contribution in [1.82, 2.24) is 19.7 Å². The van der Waals surface area contributed by atoms with Gasteiger partial charge >= 0.3 is 0 Å². The summed E-state index contributed by atoms with van der Waals surface area (Å²) < 4.78 is 6.81. The van der Waals surface area contributed by atoms with Gasteiger partial charge in [-0.3, -0.25) is 0 Å². The molecule has 0 fully saturated rings. The van der Waals surface area contributed by atoms with Crippen LogP contribution in [0.5, 0.6) is 5.88 Å². The fourth-order valence-electron chi connectivity index (χ4n) is 1.51. The molecular formula is C11H16N5O+. The van der Waals surface area contributed by atoms with Gasteiger partial charge in [-0.15, -0.1) is 0 Å². The van der Waals surface area contributed by atoms with E-state index in [1.807, 2.05) is 12.1 Å². The van der Waals surface area contributed by atoms with E-state index in [1.165, 1.54) is 0 Å². The molecule has 6 heteroatoms. The molecule has 0 aliphatic heterocycles. The van der Waals surface area contributed by atoms with Gasteiger partial charge in [0.1, 0.15) is 12.9 Å². The van der Waals surface area contributed by atoms with Crippen molar-refractivity contribution < 1.29 is 10.1 Å². The number of ether oxygens (including phenoxy) is 1. The van der Waals surface area contributed by atoms with Gasteiger partial charge in [0.25, 0.3) is 0 Å². The predicted molar refractivity (Wildman–Crippen MR) is 61.9 cm³/mol. The quantitative estimate of drug-likeness (QED) is 0.775. The summed E-state index contributed by atoms with van der Waals surface area (Å²) in [6.45, 7) is 3.94. The second-order valence-electron chi connectivity index (χ2n) is 3.55. The predicted octanol–water partition coefficient (Wildman–Crippen LogP) is -0.246. The van der Waals surface area contributed by atoms with Crippen molar-refractivity contribution in [2.45, 2.75) is 13.5 Å². The molecule has 0 atom stereocenters. The lowest BCUT2D eigenvalue weighted by Crippen LogP contribution is -2.82. The van der Waals surface area contributed by atoms with E-state index in [0.717, 1.165) is 24.6 Å². The summed E-state index contributed by atoms with van der Waals surface area (Å²) in [5.74, 6) is 1.51. The summed E-state index contributed by atoms with van der Waals surface area (Å²) in [4.78, 5) is 8.39. The fraction of sp³-hybridized carbons (Fsp3) is 0.364. The van der Waals surface area contributed by atoms with Gasteiger partial charge in [-0.25, -0.2) is 14.6 Å². The second kappa shape index (κ2) is 5.40. The molecule has 17 heavy (non-hydrogen) atoms. The van der Waals surface area contributed by atoms with Crippen molar-refractivity contribution in [1.29, 1.82) is 0 Å². The molecule has 2 heterocycles. The standard InChI is InChI=1S/C11H15N5O/c1-3-12-7-10-14-8-15-16(10)9-4-5-11(17-2)13-6-9/h4-6,8,12H,3,7H2,1-2H3/p+1. The smallest absolute Gasteiger partial charge is 0.213 e. The second-order valence-corrected chi connectivity index (χ2v) is 3.55. The Morgan fingerprint density at radius 2 is 2.24 bits per heavy atom. The van der Waals surface area contributed by atoms with E-state index in [9.17, 15) is 0 Å². The number of quaternary nitrogens is 1. The molecule has 0 radical (unpaired) electrons. The summed E-state index contributed by atoms with van der Waals surface area (Å²) in [5.41, 5.74) is 0.891. The van der Waals surface area contributed by atoms with E-state index < -0.39 is 0 Å². The van der Waals surface area contributed by atoms with Crippen LogP contribution in [-0.2, 0) is 6.54 Å². The molecule has 0 saturated heterocycles. The molecule has 90 valence electrons. The minimum absolute atomic E-state index is 0.593. The number of rotatable bonds is 5. The monoisotopic (exact) mass is 234 g/mol. The maximum Gasteiger partial charge on any atom is 0.213 e. The highest BCUT2D eigenvalue weighted by Gasteiger charge is 2.08. The number of nitrogens with two attached hydrogens (primary N) is 1. The van der Waals surface area contributed by atoms with Crippen molar-refractivity contribution >= 4 is 0 Å². The number of aromatic nitrogens is 4. The van der Waals surface area contributed by atoms with Crippen LogP contribution < -0.4 is 10.1 Å². The lowest BCUT2D eigenvalue weighted by Gasteiger charge is -2.05. The maximum absolute atomic E-state index is 5.02. The van der Waals surface area contributed by atoms with E-state index in [1.54, 1.807) is 24.3 Å². The minimum atomic E-state index is 0.593. The zero-order chi connectivity index (χ0) is 12.1. The van der Waals surface area contributed by atoms with Gasteiger partial charge in [-0.05, 0) is 13.0 Å². The van der Waals surface area contributed by atoms with Crippen LogP contribution in [0.2, 0.25) is 0 Å². The SMILES string of the molecule is CC[NH2+]Cc1ncnn1-c1ccc(OC)nc1. The van der Waals surface area contributed by atoms with Crippen LogP contribution in [0.4, 0.5) is 0 Å². The van der Waals surface area contributed by atoms with Crippen LogP contribution in [0.15, 0.2) is 24.7 Å². The summed E-state index contributed by atoms with van der Waals surface area (Å²) in [6.07, 6.45) is 3.28. The van der Waals surface area contributed by atoms with Crippen LogP contribution in [0, 0.1) is 0 Å². The van der Waals surface area contributed by atoms with Gasteiger partial charge in [-0.2, -0.15) is 5.10 Å². The third kappa shape index (κ3) is 2.59. The van der Waals surface area contributed by atoms with Gasteiger partial charge in [0.15, 0.2) is 5.82 Å². The van der Waals surface area contributed by atoms with E-state index in [-0.39, 0.29) is 0 Å². The van der Waals surface area contributed by atoms with Crippen molar-refractivity contribution in [2.24, 2.45) is 0 Å². The van der Waals surface area contributed by atoms with Crippen molar-refractivity contribution in [3.05, 3.63) is 30.5 Å². The number of hydrogen-bond donors (Lipinski definition) is 1. The first kappa shape index (κ1) is 11.5. The Morgan fingerprint density at radius 1 is 1.35 bits per heavy atom. The molecule has 0 amide bonds. The molecule has 2 rings (SSSR count). The van der Waals surface area contributed by atoms with Crippen molar-refractivity contribution in [2.75, 3.05) is 13.7 Å². The van der Waals surface area contributed by atoms with Crippen LogP contribution in [0.3, 0.4) is 0 Å². The van der Waals surface area contributed by atoms with E-state index in [4.69, 9.17) is 4.74 Å². The van der Waals surface area contributed by atoms with Crippen LogP contribution in [0.25, 0.3) is 5.69 Å².